The highest BCUT2D eigenvalue weighted by molar-refractivity contribution is 5.68. The maximum absolute atomic E-state index is 10.7. The molecule has 0 aliphatic carbocycles. The largest absolute Gasteiger partial charge is 0.488 e. The van der Waals surface area contributed by atoms with Gasteiger partial charge in [-0.15, -0.1) is 0 Å². The fourth-order valence-electron chi connectivity index (χ4n) is 1.98. The SMILES string of the molecule is NC(CC(=O)O)c1ccccc1OC1CCOC1. The van der Waals surface area contributed by atoms with Crippen molar-refractivity contribution in [2.45, 2.75) is 25.0 Å². The topological polar surface area (TPSA) is 81.8 Å². The van der Waals surface area contributed by atoms with Crippen LogP contribution in [0.4, 0.5) is 0 Å². The molecule has 5 nitrogen and oxygen atoms in total. The Kier molecular flexibility index (Phi) is 4.17. The Morgan fingerprint density at radius 3 is 3.00 bits per heavy atom. The van der Waals surface area contributed by atoms with Gasteiger partial charge in [0.2, 0.25) is 0 Å². The molecule has 1 heterocycles. The van der Waals surface area contributed by atoms with Crippen LogP contribution in [-0.4, -0.2) is 30.4 Å². The highest BCUT2D eigenvalue weighted by atomic mass is 16.5. The maximum Gasteiger partial charge on any atom is 0.305 e. The average molecular weight is 251 g/mol. The highest BCUT2D eigenvalue weighted by Gasteiger charge is 2.21. The van der Waals surface area contributed by atoms with Crippen molar-refractivity contribution in [3.63, 3.8) is 0 Å². The van der Waals surface area contributed by atoms with Gasteiger partial charge in [0, 0.05) is 18.0 Å². The van der Waals surface area contributed by atoms with Crippen LogP contribution in [0.3, 0.4) is 0 Å². The van der Waals surface area contributed by atoms with E-state index in [1.807, 2.05) is 18.2 Å². The third-order valence-electron chi connectivity index (χ3n) is 2.89. The van der Waals surface area contributed by atoms with E-state index in [0.29, 0.717) is 19.0 Å². The Hall–Kier alpha value is -1.59. The number of aliphatic carboxylic acids is 1. The zero-order valence-corrected chi connectivity index (χ0v) is 10.0. The first kappa shape index (κ1) is 12.9. The van der Waals surface area contributed by atoms with Gasteiger partial charge in [0.15, 0.2) is 0 Å². The van der Waals surface area contributed by atoms with Crippen LogP contribution in [0.5, 0.6) is 5.75 Å². The van der Waals surface area contributed by atoms with Gasteiger partial charge >= 0.3 is 5.97 Å². The second-order valence-electron chi connectivity index (χ2n) is 4.35. The molecule has 1 fully saturated rings. The van der Waals surface area contributed by atoms with Gasteiger partial charge in [-0.2, -0.15) is 0 Å². The molecular formula is C13H17NO4. The predicted octanol–water partition coefficient (Wildman–Crippen LogP) is 1.33. The smallest absolute Gasteiger partial charge is 0.305 e. The molecule has 0 bridgehead atoms. The van der Waals surface area contributed by atoms with Crippen LogP contribution in [0.25, 0.3) is 0 Å². The van der Waals surface area contributed by atoms with Crippen molar-refractivity contribution < 1.29 is 19.4 Å². The van der Waals surface area contributed by atoms with E-state index in [9.17, 15) is 4.79 Å². The van der Waals surface area contributed by atoms with Gasteiger partial charge in [0.25, 0.3) is 0 Å². The van der Waals surface area contributed by atoms with Crippen LogP contribution in [0, 0.1) is 0 Å². The van der Waals surface area contributed by atoms with Crippen molar-refractivity contribution in [2.75, 3.05) is 13.2 Å². The molecule has 0 saturated carbocycles. The van der Waals surface area contributed by atoms with Crippen molar-refractivity contribution >= 4 is 5.97 Å². The van der Waals surface area contributed by atoms with Gasteiger partial charge in [0.05, 0.1) is 19.6 Å². The molecule has 18 heavy (non-hydrogen) atoms. The molecule has 3 N–H and O–H groups in total. The van der Waals surface area contributed by atoms with Crippen LogP contribution in [0.2, 0.25) is 0 Å². The molecule has 0 spiro atoms. The van der Waals surface area contributed by atoms with Crippen molar-refractivity contribution in [1.82, 2.24) is 0 Å². The van der Waals surface area contributed by atoms with E-state index in [-0.39, 0.29) is 12.5 Å². The first-order valence-electron chi connectivity index (χ1n) is 5.97. The lowest BCUT2D eigenvalue weighted by Gasteiger charge is -2.18. The van der Waals surface area contributed by atoms with Gasteiger partial charge in [-0.1, -0.05) is 18.2 Å². The van der Waals surface area contributed by atoms with E-state index in [1.54, 1.807) is 6.07 Å². The Morgan fingerprint density at radius 2 is 2.33 bits per heavy atom. The molecule has 1 aliphatic rings. The van der Waals surface area contributed by atoms with E-state index in [0.717, 1.165) is 12.0 Å². The normalized spacial score (nSPS) is 20.6. The van der Waals surface area contributed by atoms with Gasteiger partial charge in [0.1, 0.15) is 11.9 Å². The minimum atomic E-state index is -0.915. The van der Waals surface area contributed by atoms with Crippen molar-refractivity contribution in [3.05, 3.63) is 29.8 Å². The maximum atomic E-state index is 10.7. The summed E-state index contributed by atoms with van der Waals surface area (Å²) in [6.07, 6.45) is 0.771. The summed E-state index contributed by atoms with van der Waals surface area (Å²) in [5.41, 5.74) is 6.61. The number of benzene rings is 1. The average Bonchev–Trinajstić information content (AvgIpc) is 2.81. The summed E-state index contributed by atoms with van der Waals surface area (Å²) >= 11 is 0. The number of rotatable bonds is 5. The van der Waals surface area contributed by atoms with E-state index in [1.165, 1.54) is 0 Å². The first-order valence-corrected chi connectivity index (χ1v) is 5.97. The molecule has 1 aliphatic heterocycles. The molecule has 2 atom stereocenters. The predicted molar refractivity (Wildman–Crippen MR) is 65.5 cm³/mol. The lowest BCUT2D eigenvalue weighted by molar-refractivity contribution is -0.137. The Morgan fingerprint density at radius 1 is 1.56 bits per heavy atom. The highest BCUT2D eigenvalue weighted by Crippen LogP contribution is 2.27. The molecule has 98 valence electrons. The van der Waals surface area contributed by atoms with Crippen LogP contribution in [0.1, 0.15) is 24.4 Å². The van der Waals surface area contributed by atoms with Crippen LogP contribution in [-0.2, 0) is 9.53 Å². The first-order chi connectivity index (χ1) is 8.66. The quantitative estimate of drug-likeness (QED) is 0.825. The Bertz CT molecular complexity index is 415. The zero-order chi connectivity index (χ0) is 13.0. The molecular weight excluding hydrogens is 234 g/mol. The Labute approximate surface area is 106 Å². The molecule has 1 aromatic carbocycles. The number of carbonyl (C=O) groups is 1. The summed E-state index contributed by atoms with van der Waals surface area (Å²) in [6, 6.07) is 6.74. The molecule has 0 radical (unpaired) electrons. The summed E-state index contributed by atoms with van der Waals surface area (Å²) in [5.74, 6) is -0.261. The monoisotopic (exact) mass is 251 g/mol. The fraction of sp³-hybridized carbons (Fsp3) is 0.462. The van der Waals surface area contributed by atoms with Crippen LogP contribution >= 0.6 is 0 Å². The summed E-state index contributed by atoms with van der Waals surface area (Å²) in [6.45, 7) is 1.27. The van der Waals surface area contributed by atoms with Crippen molar-refractivity contribution in [1.29, 1.82) is 0 Å². The number of nitrogens with two attached hydrogens (primary N) is 1. The number of carboxylic acids is 1. The van der Waals surface area contributed by atoms with Gasteiger partial charge < -0.3 is 20.3 Å². The van der Waals surface area contributed by atoms with E-state index >= 15 is 0 Å². The Balaban J connectivity index is 2.11. The standard InChI is InChI=1S/C13H17NO4/c14-11(7-13(15)16)10-3-1-2-4-12(10)18-9-5-6-17-8-9/h1-4,9,11H,5-8,14H2,(H,15,16). The number of para-hydroxylation sites is 1. The zero-order valence-electron chi connectivity index (χ0n) is 10.0. The number of hydrogen-bond acceptors (Lipinski definition) is 4. The molecule has 5 heteroatoms. The third-order valence-corrected chi connectivity index (χ3v) is 2.89. The second kappa shape index (κ2) is 5.84. The van der Waals surface area contributed by atoms with Crippen LogP contribution < -0.4 is 10.5 Å². The molecule has 1 aromatic rings. The van der Waals surface area contributed by atoms with E-state index < -0.39 is 12.0 Å². The van der Waals surface area contributed by atoms with Crippen molar-refractivity contribution in [3.8, 4) is 5.75 Å². The van der Waals surface area contributed by atoms with E-state index in [4.69, 9.17) is 20.3 Å². The summed E-state index contributed by atoms with van der Waals surface area (Å²) in [5, 5.41) is 8.78. The van der Waals surface area contributed by atoms with Crippen molar-refractivity contribution in [2.24, 2.45) is 5.73 Å². The second-order valence-corrected chi connectivity index (χ2v) is 4.35. The molecule has 0 aromatic heterocycles. The summed E-state index contributed by atoms with van der Waals surface area (Å²) in [4.78, 5) is 10.7. The number of carboxylic acid groups (broad SMARTS) is 1. The van der Waals surface area contributed by atoms with Crippen LogP contribution in [0.15, 0.2) is 24.3 Å². The molecule has 2 unspecified atom stereocenters. The number of ether oxygens (including phenoxy) is 2. The minimum absolute atomic E-state index is 0.0307. The van der Waals surface area contributed by atoms with Gasteiger partial charge in [-0.3, -0.25) is 4.79 Å². The third kappa shape index (κ3) is 3.21. The molecule has 1 saturated heterocycles. The minimum Gasteiger partial charge on any atom is -0.488 e. The number of hydrogen-bond donors (Lipinski definition) is 2. The molecule has 2 rings (SSSR count). The van der Waals surface area contributed by atoms with E-state index in [2.05, 4.69) is 0 Å². The lowest BCUT2D eigenvalue weighted by atomic mass is 10.0. The van der Waals surface area contributed by atoms with Gasteiger partial charge in [-0.25, -0.2) is 0 Å². The fourth-order valence-corrected chi connectivity index (χ4v) is 1.98. The lowest BCUT2D eigenvalue weighted by Crippen LogP contribution is -2.20. The summed E-state index contributed by atoms with van der Waals surface area (Å²) < 4.78 is 11.1. The molecule has 0 amide bonds. The summed E-state index contributed by atoms with van der Waals surface area (Å²) in [7, 11) is 0. The van der Waals surface area contributed by atoms with Gasteiger partial charge in [-0.05, 0) is 6.07 Å².